The van der Waals surface area contributed by atoms with Crippen LogP contribution in [-0.2, 0) is 9.53 Å². The molecule has 0 bridgehead atoms. The second kappa shape index (κ2) is 7.83. The summed E-state index contributed by atoms with van der Waals surface area (Å²) in [4.78, 5) is 33.4. The van der Waals surface area contributed by atoms with Crippen molar-refractivity contribution in [3.63, 3.8) is 0 Å². The normalized spacial score (nSPS) is 22.7. The molecule has 3 heterocycles. The summed E-state index contributed by atoms with van der Waals surface area (Å²) in [7, 11) is 1.66. The van der Waals surface area contributed by atoms with Crippen LogP contribution < -0.4 is 0 Å². The summed E-state index contributed by atoms with van der Waals surface area (Å²) in [5, 5.41) is 8.82. The number of nitriles is 1. The van der Waals surface area contributed by atoms with Gasteiger partial charge in [0.2, 0.25) is 5.91 Å². The van der Waals surface area contributed by atoms with E-state index in [1.807, 2.05) is 11.0 Å². The Labute approximate surface area is 153 Å². The largest absolute Gasteiger partial charge is 0.385 e. The van der Waals surface area contributed by atoms with Gasteiger partial charge in [0.15, 0.2) is 0 Å². The Morgan fingerprint density at radius 2 is 2.23 bits per heavy atom. The van der Waals surface area contributed by atoms with Crippen molar-refractivity contribution in [2.75, 3.05) is 39.9 Å². The molecular formula is C19H24N4O3. The van der Waals surface area contributed by atoms with E-state index in [4.69, 9.17) is 10.00 Å². The van der Waals surface area contributed by atoms with Gasteiger partial charge in [-0.2, -0.15) is 5.26 Å². The average molecular weight is 356 g/mol. The Morgan fingerprint density at radius 1 is 1.38 bits per heavy atom. The Kier molecular flexibility index (Phi) is 5.52. The van der Waals surface area contributed by atoms with Crippen LogP contribution in [0.4, 0.5) is 0 Å². The Bertz CT molecular complexity index is 712. The summed E-state index contributed by atoms with van der Waals surface area (Å²) in [6.45, 7) is 3.19. The Hall–Kier alpha value is -2.46. The number of carbonyl (C=O) groups is 2. The average Bonchev–Trinajstić information content (AvgIpc) is 3.10. The summed E-state index contributed by atoms with van der Waals surface area (Å²) in [5.41, 5.74) is 0.302. The molecule has 7 heteroatoms. The molecule has 2 aliphatic heterocycles. The second-order valence-electron chi connectivity index (χ2n) is 7.04. The molecule has 0 radical (unpaired) electrons. The number of hydrogen-bond acceptors (Lipinski definition) is 5. The summed E-state index contributed by atoms with van der Waals surface area (Å²) in [6.07, 6.45) is 4.78. The molecule has 2 amide bonds. The lowest BCUT2D eigenvalue weighted by molar-refractivity contribution is -0.145. The molecule has 1 aromatic rings. The highest BCUT2D eigenvalue weighted by molar-refractivity contribution is 5.95. The first-order valence-corrected chi connectivity index (χ1v) is 9.03. The molecule has 0 aliphatic carbocycles. The summed E-state index contributed by atoms with van der Waals surface area (Å²) >= 11 is 0. The second-order valence-corrected chi connectivity index (χ2v) is 7.04. The molecule has 3 rings (SSSR count). The predicted molar refractivity (Wildman–Crippen MR) is 94.2 cm³/mol. The first-order valence-electron chi connectivity index (χ1n) is 9.03. The molecule has 138 valence electrons. The number of aromatic nitrogens is 1. The Morgan fingerprint density at radius 3 is 2.92 bits per heavy atom. The summed E-state index contributed by atoms with van der Waals surface area (Å²) < 4.78 is 5.08. The molecule has 7 nitrogen and oxygen atoms in total. The van der Waals surface area contributed by atoms with Gasteiger partial charge in [-0.05, 0) is 37.8 Å². The number of amides is 2. The van der Waals surface area contributed by atoms with Gasteiger partial charge in [-0.1, -0.05) is 0 Å². The fraction of sp³-hybridized carbons (Fsp3) is 0.579. The number of nitrogens with zero attached hydrogens (tertiary/aromatic N) is 4. The van der Waals surface area contributed by atoms with Gasteiger partial charge in [-0.15, -0.1) is 0 Å². The van der Waals surface area contributed by atoms with E-state index in [0.29, 0.717) is 38.2 Å². The van der Waals surface area contributed by atoms with Gasteiger partial charge in [-0.25, -0.2) is 4.98 Å². The van der Waals surface area contributed by atoms with Crippen LogP contribution in [0, 0.1) is 16.7 Å². The molecule has 2 fully saturated rings. The van der Waals surface area contributed by atoms with Gasteiger partial charge in [0.25, 0.3) is 5.91 Å². The SMILES string of the molecule is COCCCN1CCCC2(CCN(C(=O)c3ccc(C#N)nc3)C2)C1=O. The zero-order chi connectivity index (χ0) is 18.6. The van der Waals surface area contributed by atoms with E-state index in [0.717, 1.165) is 25.8 Å². The van der Waals surface area contributed by atoms with Crippen molar-refractivity contribution in [2.45, 2.75) is 25.7 Å². The number of methoxy groups -OCH3 is 1. The van der Waals surface area contributed by atoms with Crippen LogP contribution in [0.5, 0.6) is 0 Å². The quantitative estimate of drug-likeness (QED) is 0.745. The smallest absolute Gasteiger partial charge is 0.255 e. The third-order valence-electron chi connectivity index (χ3n) is 5.37. The molecule has 1 spiro atoms. The minimum absolute atomic E-state index is 0.122. The van der Waals surface area contributed by atoms with Gasteiger partial charge >= 0.3 is 0 Å². The molecule has 2 aliphatic rings. The summed E-state index contributed by atoms with van der Waals surface area (Å²) in [5.74, 6) is 0.0521. The monoisotopic (exact) mass is 356 g/mol. The van der Waals surface area contributed by atoms with E-state index in [1.165, 1.54) is 6.20 Å². The van der Waals surface area contributed by atoms with Crippen molar-refractivity contribution in [1.29, 1.82) is 5.26 Å². The molecule has 2 saturated heterocycles. The fourth-order valence-corrected chi connectivity index (χ4v) is 3.96. The van der Waals surface area contributed by atoms with E-state index < -0.39 is 5.41 Å². The lowest BCUT2D eigenvalue weighted by Crippen LogP contribution is -2.50. The van der Waals surface area contributed by atoms with Crippen molar-refractivity contribution in [1.82, 2.24) is 14.8 Å². The standard InChI is InChI=1S/C19H24N4O3/c1-26-11-3-9-22-8-2-6-19(18(22)25)7-10-23(14-19)17(24)15-4-5-16(12-20)21-13-15/h4-5,13H,2-3,6-11,14H2,1H3. The van der Waals surface area contributed by atoms with Crippen LogP contribution in [0.1, 0.15) is 41.7 Å². The molecule has 1 aromatic heterocycles. The van der Waals surface area contributed by atoms with Gasteiger partial charge in [0.05, 0.1) is 11.0 Å². The Balaban J connectivity index is 1.67. The van der Waals surface area contributed by atoms with Crippen LogP contribution in [0.2, 0.25) is 0 Å². The van der Waals surface area contributed by atoms with E-state index in [-0.39, 0.29) is 17.5 Å². The number of hydrogen-bond donors (Lipinski definition) is 0. The number of carbonyl (C=O) groups excluding carboxylic acids is 2. The van der Waals surface area contributed by atoms with Gasteiger partial charge in [-0.3, -0.25) is 9.59 Å². The third-order valence-corrected chi connectivity index (χ3v) is 5.37. The number of pyridine rings is 1. The molecule has 0 N–H and O–H groups in total. The van der Waals surface area contributed by atoms with E-state index in [9.17, 15) is 9.59 Å². The molecule has 0 aromatic carbocycles. The molecule has 1 atom stereocenters. The van der Waals surface area contributed by atoms with Crippen molar-refractivity contribution in [3.05, 3.63) is 29.6 Å². The number of piperidine rings is 1. The summed E-state index contributed by atoms with van der Waals surface area (Å²) in [6, 6.07) is 5.11. The van der Waals surface area contributed by atoms with Crippen LogP contribution >= 0.6 is 0 Å². The molecule has 0 saturated carbocycles. The first kappa shape index (κ1) is 18.3. The van der Waals surface area contributed by atoms with Crippen LogP contribution in [0.25, 0.3) is 0 Å². The highest BCUT2D eigenvalue weighted by atomic mass is 16.5. The maximum Gasteiger partial charge on any atom is 0.255 e. The lowest BCUT2D eigenvalue weighted by Gasteiger charge is -2.39. The third kappa shape index (κ3) is 3.56. The molecular weight excluding hydrogens is 332 g/mol. The first-order chi connectivity index (χ1) is 12.6. The highest BCUT2D eigenvalue weighted by Crippen LogP contribution is 2.40. The zero-order valence-corrected chi connectivity index (χ0v) is 15.1. The van der Waals surface area contributed by atoms with Crippen molar-refractivity contribution < 1.29 is 14.3 Å². The van der Waals surface area contributed by atoms with Gasteiger partial charge < -0.3 is 14.5 Å². The topological polar surface area (TPSA) is 86.5 Å². The minimum Gasteiger partial charge on any atom is -0.385 e. The molecule has 1 unspecified atom stereocenters. The number of likely N-dealkylation sites (tertiary alicyclic amines) is 2. The van der Waals surface area contributed by atoms with Crippen molar-refractivity contribution in [2.24, 2.45) is 5.41 Å². The van der Waals surface area contributed by atoms with Crippen LogP contribution in [0.3, 0.4) is 0 Å². The predicted octanol–water partition coefficient (Wildman–Crippen LogP) is 1.44. The van der Waals surface area contributed by atoms with E-state index >= 15 is 0 Å². The van der Waals surface area contributed by atoms with Crippen LogP contribution in [-0.4, -0.2) is 66.5 Å². The molecule has 26 heavy (non-hydrogen) atoms. The number of ether oxygens (including phenoxy) is 1. The zero-order valence-electron chi connectivity index (χ0n) is 15.1. The van der Waals surface area contributed by atoms with Gasteiger partial charge in [0.1, 0.15) is 11.8 Å². The lowest BCUT2D eigenvalue weighted by atomic mass is 9.78. The van der Waals surface area contributed by atoms with Crippen molar-refractivity contribution in [3.8, 4) is 6.07 Å². The fourth-order valence-electron chi connectivity index (χ4n) is 3.96. The van der Waals surface area contributed by atoms with E-state index in [2.05, 4.69) is 4.98 Å². The van der Waals surface area contributed by atoms with Crippen molar-refractivity contribution >= 4 is 11.8 Å². The maximum absolute atomic E-state index is 13.0. The van der Waals surface area contributed by atoms with Gasteiger partial charge in [0, 0.05) is 46.1 Å². The highest BCUT2D eigenvalue weighted by Gasteiger charge is 2.49. The van der Waals surface area contributed by atoms with E-state index in [1.54, 1.807) is 24.1 Å². The maximum atomic E-state index is 13.0. The number of rotatable bonds is 5. The minimum atomic E-state index is -0.443. The van der Waals surface area contributed by atoms with Crippen LogP contribution in [0.15, 0.2) is 18.3 Å².